The second kappa shape index (κ2) is 7.63. The van der Waals surface area contributed by atoms with E-state index in [0.29, 0.717) is 17.2 Å². The van der Waals surface area contributed by atoms with Crippen LogP contribution in [0.1, 0.15) is 30.1 Å². The van der Waals surface area contributed by atoms with E-state index in [1.807, 2.05) is 13.0 Å². The van der Waals surface area contributed by atoms with Crippen LogP contribution in [-0.2, 0) is 0 Å². The highest BCUT2D eigenvalue weighted by molar-refractivity contribution is 5.95. The van der Waals surface area contributed by atoms with Crippen LogP contribution < -0.4 is 16.4 Å². The number of amides is 1. The summed E-state index contributed by atoms with van der Waals surface area (Å²) in [4.78, 5) is 11.4. The second-order valence-corrected chi connectivity index (χ2v) is 4.74. The largest absolute Gasteiger partial charge is 0.397 e. The average Bonchev–Trinajstić information content (AvgIpc) is 2.43. The van der Waals surface area contributed by atoms with Crippen molar-refractivity contribution in [2.24, 2.45) is 5.92 Å². The number of benzene rings is 1. The van der Waals surface area contributed by atoms with Gasteiger partial charge in [0.15, 0.2) is 0 Å². The molecule has 5 N–H and O–H groups in total. The van der Waals surface area contributed by atoms with Crippen molar-refractivity contribution in [1.82, 2.24) is 5.32 Å². The van der Waals surface area contributed by atoms with Gasteiger partial charge in [0.25, 0.3) is 5.91 Å². The van der Waals surface area contributed by atoms with Crippen molar-refractivity contribution in [3.63, 3.8) is 0 Å². The minimum Gasteiger partial charge on any atom is -0.397 e. The van der Waals surface area contributed by atoms with Gasteiger partial charge in [-0.2, -0.15) is 0 Å². The van der Waals surface area contributed by atoms with E-state index >= 15 is 0 Å². The molecule has 0 aromatic heterocycles. The maximum atomic E-state index is 11.4. The molecule has 19 heavy (non-hydrogen) atoms. The molecule has 1 aromatic carbocycles. The van der Waals surface area contributed by atoms with Gasteiger partial charge >= 0.3 is 0 Å². The number of carbonyl (C=O) groups is 1. The van der Waals surface area contributed by atoms with Gasteiger partial charge in [0, 0.05) is 25.8 Å². The van der Waals surface area contributed by atoms with Crippen molar-refractivity contribution in [1.29, 1.82) is 0 Å². The van der Waals surface area contributed by atoms with Gasteiger partial charge in [-0.15, -0.1) is 0 Å². The molecule has 5 nitrogen and oxygen atoms in total. The minimum absolute atomic E-state index is 0.143. The first kappa shape index (κ1) is 15.3. The van der Waals surface area contributed by atoms with E-state index in [-0.39, 0.29) is 12.5 Å². The number of nitrogen functional groups attached to an aromatic ring is 1. The summed E-state index contributed by atoms with van der Waals surface area (Å²) in [6.45, 7) is 3.04. The SMILES string of the molecule is CNC(=O)c1ccc(NCCCC(C)CO)c(N)c1. The molecule has 0 bridgehead atoms. The van der Waals surface area contributed by atoms with E-state index in [9.17, 15) is 4.79 Å². The summed E-state index contributed by atoms with van der Waals surface area (Å²) in [5, 5.41) is 14.7. The van der Waals surface area contributed by atoms with Crippen LogP contribution in [-0.4, -0.2) is 31.2 Å². The van der Waals surface area contributed by atoms with Gasteiger partial charge in [-0.05, 0) is 37.0 Å². The van der Waals surface area contributed by atoms with Gasteiger partial charge in [0.1, 0.15) is 0 Å². The Kier molecular flexibility index (Phi) is 6.15. The van der Waals surface area contributed by atoms with Crippen LogP contribution in [0.15, 0.2) is 18.2 Å². The van der Waals surface area contributed by atoms with Gasteiger partial charge in [0.2, 0.25) is 0 Å². The average molecular weight is 265 g/mol. The third kappa shape index (κ3) is 4.79. The molecule has 0 aliphatic heterocycles. The normalized spacial score (nSPS) is 11.9. The maximum Gasteiger partial charge on any atom is 0.251 e. The Balaban J connectivity index is 2.49. The molecule has 0 spiro atoms. The summed E-state index contributed by atoms with van der Waals surface area (Å²) in [6, 6.07) is 5.22. The molecule has 1 atom stereocenters. The van der Waals surface area contributed by atoms with Gasteiger partial charge in [0.05, 0.1) is 11.4 Å². The van der Waals surface area contributed by atoms with Crippen molar-refractivity contribution in [3.8, 4) is 0 Å². The first-order valence-corrected chi connectivity index (χ1v) is 6.54. The van der Waals surface area contributed by atoms with Gasteiger partial charge < -0.3 is 21.5 Å². The van der Waals surface area contributed by atoms with Crippen molar-refractivity contribution in [2.75, 3.05) is 31.2 Å². The number of nitrogens with one attached hydrogen (secondary N) is 2. The number of hydrogen-bond acceptors (Lipinski definition) is 4. The fraction of sp³-hybridized carbons (Fsp3) is 0.500. The van der Waals surface area contributed by atoms with Gasteiger partial charge in [-0.1, -0.05) is 6.92 Å². The Morgan fingerprint density at radius 2 is 2.21 bits per heavy atom. The number of aliphatic hydroxyl groups excluding tert-OH is 1. The molecular formula is C14H23N3O2. The summed E-state index contributed by atoms with van der Waals surface area (Å²) in [6.07, 6.45) is 1.94. The number of carbonyl (C=O) groups excluding carboxylic acids is 1. The summed E-state index contributed by atoms with van der Waals surface area (Å²) < 4.78 is 0. The Labute approximate surface area is 114 Å². The highest BCUT2D eigenvalue weighted by Gasteiger charge is 2.06. The van der Waals surface area contributed by atoms with Crippen LogP contribution in [0.2, 0.25) is 0 Å². The van der Waals surface area contributed by atoms with E-state index < -0.39 is 0 Å². The van der Waals surface area contributed by atoms with Crippen LogP contribution in [0.25, 0.3) is 0 Å². The van der Waals surface area contributed by atoms with Crippen LogP contribution in [0.3, 0.4) is 0 Å². The molecule has 106 valence electrons. The predicted molar refractivity (Wildman–Crippen MR) is 78.2 cm³/mol. The molecular weight excluding hydrogens is 242 g/mol. The highest BCUT2D eigenvalue weighted by atomic mass is 16.3. The van der Waals surface area contributed by atoms with Gasteiger partial charge in [-0.25, -0.2) is 0 Å². The molecule has 0 aliphatic carbocycles. The Hall–Kier alpha value is -1.75. The summed E-state index contributed by atoms with van der Waals surface area (Å²) in [5.41, 5.74) is 7.86. The summed E-state index contributed by atoms with van der Waals surface area (Å²) in [7, 11) is 1.59. The molecule has 1 rings (SSSR count). The maximum absolute atomic E-state index is 11.4. The molecule has 0 fully saturated rings. The fourth-order valence-electron chi connectivity index (χ4n) is 1.77. The monoisotopic (exact) mass is 265 g/mol. The van der Waals surface area contributed by atoms with Crippen molar-refractivity contribution in [2.45, 2.75) is 19.8 Å². The van der Waals surface area contributed by atoms with Gasteiger partial charge in [-0.3, -0.25) is 4.79 Å². The van der Waals surface area contributed by atoms with E-state index in [1.54, 1.807) is 19.2 Å². The zero-order chi connectivity index (χ0) is 14.3. The number of nitrogens with two attached hydrogens (primary N) is 1. The lowest BCUT2D eigenvalue weighted by atomic mass is 10.1. The molecule has 5 heteroatoms. The molecule has 0 heterocycles. The lowest BCUT2D eigenvalue weighted by molar-refractivity contribution is 0.0963. The first-order chi connectivity index (χ1) is 9.08. The molecule has 0 saturated heterocycles. The molecule has 0 saturated carbocycles. The van der Waals surface area contributed by atoms with Crippen LogP contribution in [0, 0.1) is 5.92 Å². The van der Waals surface area contributed by atoms with E-state index in [0.717, 1.165) is 25.1 Å². The number of hydrogen-bond donors (Lipinski definition) is 4. The van der Waals surface area contributed by atoms with E-state index in [1.165, 1.54) is 0 Å². The minimum atomic E-state index is -0.143. The molecule has 1 aromatic rings. The zero-order valence-electron chi connectivity index (χ0n) is 11.6. The smallest absolute Gasteiger partial charge is 0.251 e. The molecule has 0 aliphatic rings. The van der Waals surface area contributed by atoms with Crippen molar-refractivity contribution in [3.05, 3.63) is 23.8 Å². The topological polar surface area (TPSA) is 87.4 Å². The van der Waals surface area contributed by atoms with Crippen molar-refractivity contribution >= 4 is 17.3 Å². The predicted octanol–water partition coefficient (Wildman–Crippen LogP) is 1.45. The van der Waals surface area contributed by atoms with Crippen LogP contribution in [0.5, 0.6) is 0 Å². The lowest BCUT2D eigenvalue weighted by Crippen LogP contribution is -2.18. The van der Waals surface area contributed by atoms with E-state index in [2.05, 4.69) is 10.6 Å². The quantitative estimate of drug-likeness (QED) is 0.444. The third-order valence-electron chi connectivity index (χ3n) is 3.04. The fourth-order valence-corrected chi connectivity index (χ4v) is 1.77. The number of rotatable bonds is 7. The zero-order valence-corrected chi connectivity index (χ0v) is 11.6. The molecule has 0 radical (unpaired) electrons. The Morgan fingerprint density at radius 1 is 1.47 bits per heavy atom. The van der Waals surface area contributed by atoms with E-state index in [4.69, 9.17) is 10.8 Å². The number of aliphatic hydroxyl groups is 1. The standard InChI is InChI=1S/C14H23N3O2/c1-10(9-18)4-3-7-17-13-6-5-11(8-12(13)15)14(19)16-2/h5-6,8,10,17-18H,3-4,7,9,15H2,1-2H3,(H,16,19). The summed E-state index contributed by atoms with van der Waals surface area (Å²) >= 11 is 0. The van der Waals surface area contributed by atoms with Crippen molar-refractivity contribution < 1.29 is 9.90 Å². The highest BCUT2D eigenvalue weighted by Crippen LogP contribution is 2.20. The third-order valence-corrected chi connectivity index (χ3v) is 3.04. The first-order valence-electron chi connectivity index (χ1n) is 6.54. The summed E-state index contributed by atoms with van der Waals surface area (Å²) in [5.74, 6) is 0.185. The Bertz CT molecular complexity index is 421. The lowest BCUT2D eigenvalue weighted by Gasteiger charge is -2.12. The molecule has 1 unspecified atom stereocenters. The second-order valence-electron chi connectivity index (χ2n) is 4.74. The molecule has 1 amide bonds. The van der Waals surface area contributed by atoms with Crippen LogP contribution in [0.4, 0.5) is 11.4 Å². The Morgan fingerprint density at radius 3 is 2.79 bits per heavy atom. The number of anilines is 2. The van der Waals surface area contributed by atoms with Crippen LogP contribution >= 0.6 is 0 Å².